The van der Waals surface area contributed by atoms with Crippen LogP contribution in [0.2, 0.25) is 0 Å². The van der Waals surface area contributed by atoms with Gasteiger partial charge in [-0.05, 0) is 37.4 Å². The lowest BCUT2D eigenvalue weighted by Gasteiger charge is -2.27. The highest BCUT2D eigenvalue weighted by molar-refractivity contribution is 5.30. The first-order valence-corrected chi connectivity index (χ1v) is 8.16. The van der Waals surface area contributed by atoms with Crippen LogP contribution >= 0.6 is 0 Å². The predicted octanol–water partition coefficient (Wildman–Crippen LogP) is 3.54. The zero-order chi connectivity index (χ0) is 17.2. The van der Waals surface area contributed by atoms with Gasteiger partial charge in [-0.15, -0.1) is 0 Å². The van der Waals surface area contributed by atoms with Gasteiger partial charge in [-0.2, -0.15) is 4.39 Å². The van der Waals surface area contributed by atoms with Crippen LogP contribution in [0.15, 0.2) is 42.5 Å². The van der Waals surface area contributed by atoms with Crippen molar-refractivity contribution in [1.82, 2.24) is 4.90 Å². The summed E-state index contributed by atoms with van der Waals surface area (Å²) in [6.45, 7) is 1.55. The normalized spacial score (nSPS) is 22.3. The first kappa shape index (κ1) is 16.9. The van der Waals surface area contributed by atoms with Crippen molar-refractivity contribution in [2.45, 2.75) is 31.4 Å². The van der Waals surface area contributed by atoms with Crippen molar-refractivity contribution in [1.29, 1.82) is 0 Å². The fraction of sp³-hybridized carbons (Fsp3) is 0.368. The van der Waals surface area contributed by atoms with Crippen molar-refractivity contribution in [3.8, 4) is 5.75 Å². The van der Waals surface area contributed by atoms with Crippen LogP contribution in [0.25, 0.3) is 0 Å². The Morgan fingerprint density at radius 2 is 1.71 bits per heavy atom. The number of phenolic OH excluding ortho intramolecular Hbond substituents is 1. The Bertz CT molecular complexity index is 708. The fourth-order valence-corrected chi connectivity index (χ4v) is 3.31. The Kier molecular flexibility index (Phi) is 4.83. The second-order valence-electron chi connectivity index (χ2n) is 6.40. The summed E-state index contributed by atoms with van der Waals surface area (Å²) in [5.74, 6) is -2.88. The van der Waals surface area contributed by atoms with Crippen molar-refractivity contribution in [3.63, 3.8) is 0 Å². The summed E-state index contributed by atoms with van der Waals surface area (Å²) >= 11 is 0. The van der Waals surface area contributed by atoms with Gasteiger partial charge in [0.25, 0.3) is 0 Å². The Hall–Kier alpha value is -1.98. The van der Waals surface area contributed by atoms with Gasteiger partial charge in [-0.25, -0.2) is 4.39 Å². The van der Waals surface area contributed by atoms with Crippen molar-refractivity contribution < 1.29 is 19.0 Å². The molecule has 1 unspecified atom stereocenters. The molecule has 0 bridgehead atoms. The lowest BCUT2D eigenvalue weighted by molar-refractivity contribution is 0.0210. The lowest BCUT2D eigenvalue weighted by Crippen LogP contribution is -2.29. The molecule has 0 saturated carbocycles. The second kappa shape index (κ2) is 6.87. The number of hydrogen-bond donors (Lipinski definition) is 2. The van der Waals surface area contributed by atoms with Crippen LogP contribution in [0, 0.1) is 11.6 Å². The molecule has 0 radical (unpaired) electrons. The van der Waals surface area contributed by atoms with E-state index in [4.69, 9.17) is 0 Å². The first-order valence-electron chi connectivity index (χ1n) is 8.16. The number of nitrogens with zero attached hydrogens (tertiary/aromatic N) is 1. The Morgan fingerprint density at radius 3 is 2.46 bits per heavy atom. The van der Waals surface area contributed by atoms with Gasteiger partial charge in [0.1, 0.15) is 0 Å². The largest absolute Gasteiger partial charge is 0.505 e. The number of halogens is 2. The van der Waals surface area contributed by atoms with Gasteiger partial charge < -0.3 is 10.2 Å². The van der Waals surface area contributed by atoms with Crippen LogP contribution in [-0.2, 0) is 12.1 Å². The maximum absolute atomic E-state index is 13.9. The van der Waals surface area contributed by atoms with E-state index in [0.29, 0.717) is 25.9 Å². The van der Waals surface area contributed by atoms with Crippen LogP contribution in [0.5, 0.6) is 5.75 Å². The molecule has 128 valence electrons. The molecule has 1 saturated heterocycles. The average molecular weight is 333 g/mol. The minimum atomic E-state index is -1.21. The third-order valence-corrected chi connectivity index (χ3v) is 4.75. The molecule has 0 aromatic heterocycles. The van der Waals surface area contributed by atoms with Gasteiger partial charge in [0.2, 0.25) is 5.82 Å². The van der Waals surface area contributed by atoms with E-state index in [1.807, 2.05) is 35.2 Å². The molecule has 0 aliphatic carbocycles. The molecule has 2 N–H and O–H groups in total. The van der Waals surface area contributed by atoms with E-state index in [1.54, 1.807) is 0 Å². The van der Waals surface area contributed by atoms with Crippen molar-refractivity contribution in [3.05, 3.63) is 65.2 Å². The van der Waals surface area contributed by atoms with Gasteiger partial charge in [0.05, 0.1) is 5.60 Å². The van der Waals surface area contributed by atoms with E-state index in [9.17, 15) is 19.0 Å². The maximum Gasteiger partial charge on any atom is 0.200 e. The van der Waals surface area contributed by atoms with Crippen LogP contribution < -0.4 is 0 Å². The summed E-state index contributed by atoms with van der Waals surface area (Å²) in [7, 11) is 0. The molecule has 1 heterocycles. The number of likely N-dealkylation sites (tertiary alicyclic amines) is 1. The second-order valence-corrected chi connectivity index (χ2v) is 6.40. The van der Waals surface area contributed by atoms with E-state index in [-0.39, 0.29) is 12.1 Å². The first-order chi connectivity index (χ1) is 11.5. The number of rotatable bonds is 3. The molecule has 1 atom stereocenters. The smallest absolute Gasteiger partial charge is 0.200 e. The third-order valence-electron chi connectivity index (χ3n) is 4.75. The highest BCUT2D eigenvalue weighted by atomic mass is 19.2. The number of aromatic hydroxyl groups is 1. The van der Waals surface area contributed by atoms with E-state index < -0.39 is 23.0 Å². The molecule has 3 nitrogen and oxygen atoms in total. The molecule has 0 spiro atoms. The van der Waals surface area contributed by atoms with E-state index in [1.165, 1.54) is 12.1 Å². The van der Waals surface area contributed by atoms with Gasteiger partial charge in [-0.1, -0.05) is 36.4 Å². The SMILES string of the molecule is Oc1ccc(CN2CCCC(O)(c3ccccc3)CC2)c(F)c1F. The summed E-state index contributed by atoms with van der Waals surface area (Å²) in [6, 6.07) is 12.1. The van der Waals surface area contributed by atoms with Crippen LogP contribution in [0.1, 0.15) is 30.4 Å². The Morgan fingerprint density at radius 1 is 0.958 bits per heavy atom. The van der Waals surface area contributed by atoms with Crippen molar-refractivity contribution in [2.24, 2.45) is 0 Å². The van der Waals surface area contributed by atoms with Crippen LogP contribution in [0.3, 0.4) is 0 Å². The molecule has 1 aliphatic heterocycles. The average Bonchev–Trinajstić information content (AvgIpc) is 2.79. The topological polar surface area (TPSA) is 43.7 Å². The summed E-state index contributed by atoms with van der Waals surface area (Å²) in [5.41, 5.74) is 0.235. The van der Waals surface area contributed by atoms with E-state index in [0.717, 1.165) is 12.0 Å². The monoisotopic (exact) mass is 333 g/mol. The van der Waals surface area contributed by atoms with Crippen molar-refractivity contribution in [2.75, 3.05) is 13.1 Å². The van der Waals surface area contributed by atoms with Crippen LogP contribution in [-0.4, -0.2) is 28.2 Å². The molecule has 2 aromatic carbocycles. The zero-order valence-electron chi connectivity index (χ0n) is 13.4. The van der Waals surface area contributed by atoms with Crippen molar-refractivity contribution >= 4 is 0 Å². The number of aliphatic hydroxyl groups is 1. The molecule has 0 amide bonds. The minimum absolute atomic E-state index is 0.218. The summed E-state index contributed by atoms with van der Waals surface area (Å²) in [4.78, 5) is 2.01. The zero-order valence-corrected chi connectivity index (χ0v) is 13.4. The summed E-state index contributed by atoms with van der Waals surface area (Å²) in [6.07, 6.45) is 1.95. The maximum atomic E-state index is 13.9. The van der Waals surface area contributed by atoms with Crippen LogP contribution in [0.4, 0.5) is 8.78 Å². The molecule has 1 aliphatic rings. The molecule has 5 heteroatoms. The fourth-order valence-electron chi connectivity index (χ4n) is 3.31. The highest BCUT2D eigenvalue weighted by Crippen LogP contribution is 2.33. The third kappa shape index (κ3) is 3.42. The molecule has 1 fully saturated rings. The predicted molar refractivity (Wildman–Crippen MR) is 87.5 cm³/mol. The van der Waals surface area contributed by atoms with Gasteiger partial charge >= 0.3 is 0 Å². The molecule has 2 aromatic rings. The van der Waals surface area contributed by atoms with Gasteiger partial charge in [0.15, 0.2) is 11.6 Å². The standard InChI is InChI=1S/C19H21F2NO2/c20-17-14(7-8-16(23)18(17)21)13-22-11-4-9-19(24,10-12-22)15-5-2-1-3-6-15/h1-3,5-8,23-24H,4,9-13H2. The number of benzene rings is 2. The Balaban J connectivity index is 1.71. The van der Waals surface area contributed by atoms with Gasteiger partial charge in [0, 0.05) is 18.7 Å². The summed E-state index contributed by atoms with van der Waals surface area (Å²) in [5, 5.41) is 20.2. The molecular weight excluding hydrogens is 312 g/mol. The molecule has 3 rings (SSSR count). The minimum Gasteiger partial charge on any atom is -0.505 e. The van der Waals surface area contributed by atoms with E-state index in [2.05, 4.69) is 0 Å². The molecular formula is C19H21F2NO2. The summed E-state index contributed by atoms with van der Waals surface area (Å²) < 4.78 is 27.4. The number of phenols is 1. The van der Waals surface area contributed by atoms with Gasteiger partial charge in [-0.3, -0.25) is 4.90 Å². The van der Waals surface area contributed by atoms with E-state index >= 15 is 0 Å². The Labute approximate surface area is 140 Å². The highest BCUT2D eigenvalue weighted by Gasteiger charge is 2.32. The quantitative estimate of drug-likeness (QED) is 0.903. The lowest BCUT2D eigenvalue weighted by atomic mass is 9.87. The molecule has 24 heavy (non-hydrogen) atoms. The number of hydrogen-bond acceptors (Lipinski definition) is 3.